The van der Waals surface area contributed by atoms with Crippen LogP contribution in [0.3, 0.4) is 0 Å². The second-order valence-electron chi connectivity index (χ2n) is 6.35. The van der Waals surface area contributed by atoms with Crippen LogP contribution in [-0.4, -0.2) is 19.7 Å². The topological polar surface area (TPSA) is 88.3 Å². The summed E-state index contributed by atoms with van der Waals surface area (Å²) in [6, 6.07) is 14.5. The fourth-order valence-electron chi connectivity index (χ4n) is 2.67. The molecule has 0 fully saturated rings. The minimum Gasteiger partial charge on any atom is -0.457 e. The van der Waals surface area contributed by atoms with Gasteiger partial charge in [0.2, 0.25) is 10.0 Å². The Bertz CT molecular complexity index is 1140. The molecule has 0 aliphatic heterocycles. The van der Waals surface area contributed by atoms with Crippen LogP contribution in [0.4, 0.5) is 5.69 Å². The molecule has 1 heterocycles. The van der Waals surface area contributed by atoms with E-state index in [0.29, 0.717) is 28.3 Å². The maximum atomic E-state index is 11.7. The average molecular weight is 384 g/mol. The van der Waals surface area contributed by atoms with Gasteiger partial charge in [0.25, 0.3) is 5.56 Å². The molecule has 3 rings (SSSR count). The number of hydrogen-bond donors (Lipinski definition) is 2. The first-order valence-corrected chi connectivity index (χ1v) is 10.2. The van der Waals surface area contributed by atoms with Crippen molar-refractivity contribution in [2.45, 2.75) is 13.8 Å². The van der Waals surface area contributed by atoms with Crippen molar-refractivity contribution in [1.82, 2.24) is 4.98 Å². The number of pyridine rings is 1. The summed E-state index contributed by atoms with van der Waals surface area (Å²) in [6.07, 6.45) is 2.69. The van der Waals surface area contributed by atoms with Gasteiger partial charge in [0.15, 0.2) is 0 Å². The van der Waals surface area contributed by atoms with E-state index < -0.39 is 10.0 Å². The number of nitrogens with one attached hydrogen (secondary N) is 2. The fourth-order valence-corrected chi connectivity index (χ4v) is 3.29. The predicted molar refractivity (Wildman–Crippen MR) is 107 cm³/mol. The molecule has 0 atom stereocenters. The average Bonchev–Trinajstić information content (AvgIpc) is 2.59. The second kappa shape index (κ2) is 7.28. The van der Waals surface area contributed by atoms with Crippen LogP contribution in [0.15, 0.2) is 59.5 Å². The number of hydrogen-bond acceptors (Lipinski definition) is 4. The van der Waals surface area contributed by atoms with Gasteiger partial charge in [-0.2, -0.15) is 0 Å². The van der Waals surface area contributed by atoms with Crippen molar-refractivity contribution in [1.29, 1.82) is 0 Å². The zero-order valence-electron chi connectivity index (χ0n) is 15.2. The Kier molecular flexibility index (Phi) is 5.05. The Morgan fingerprint density at radius 2 is 1.70 bits per heavy atom. The van der Waals surface area contributed by atoms with Gasteiger partial charge in [0, 0.05) is 22.9 Å². The predicted octanol–water partition coefficient (Wildman–Crippen LogP) is 3.82. The van der Waals surface area contributed by atoms with Crippen molar-refractivity contribution >= 4 is 15.7 Å². The number of rotatable bonds is 5. The van der Waals surface area contributed by atoms with Gasteiger partial charge in [-0.15, -0.1) is 0 Å². The molecule has 0 spiro atoms. The van der Waals surface area contributed by atoms with Gasteiger partial charge in [0.1, 0.15) is 11.5 Å². The molecular formula is C20H20N2O4S. The van der Waals surface area contributed by atoms with Crippen molar-refractivity contribution in [3.05, 3.63) is 76.2 Å². The molecule has 27 heavy (non-hydrogen) atoms. The van der Waals surface area contributed by atoms with Crippen LogP contribution in [-0.2, 0) is 10.0 Å². The van der Waals surface area contributed by atoms with Gasteiger partial charge in [-0.1, -0.05) is 18.2 Å². The molecule has 0 aliphatic carbocycles. The van der Waals surface area contributed by atoms with Crippen molar-refractivity contribution in [2.75, 3.05) is 11.0 Å². The number of ether oxygens (including phenoxy) is 1. The number of aryl methyl sites for hydroxylation is 2. The summed E-state index contributed by atoms with van der Waals surface area (Å²) in [5.41, 5.74) is 2.93. The molecule has 7 heteroatoms. The number of aromatic nitrogens is 1. The summed E-state index contributed by atoms with van der Waals surface area (Å²) in [7, 11) is -3.43. The first-order valence-electron chi connectivity index (χ1n) is 8.28. The third-order valence-electron chi connectivity index (χ3n) is 3.99. The van der Waals surface area contributed by atoms with E-state index in [1.54, 1.807) is 38.2 Å². The second-order valence-corrected chi connectivity index (χ2v) is 8.10. The summed E-state index contributed by atoms with van der Waals surface area (Å²) in [6.45, 7) is 3.51. The lowest BCUT2D eigenvalue weighted by Crippen LogP contribution is -2.11. The molecule has 0 saturated carbocycles. The maximum absolute atomic E-state index is 11.7. The highest BCUT2D eigenvalue weighted by Crippen LogP contribution is 2.37. The lowest BCUT2D eigenvalue weighted by molar-refractivity contribution is 0.484. The van der Waals surface area contributed by atoms with Crippen LogP contribution >= 0.6 is 0 Å². The lowest BCUT2D eigenvalue weighted by atomic mass is 10.0. The Balaban J connectivity index is 2.17. The van der Waals surface area contributed by atoms with Crippen molar-refractivity contribution in [3.8, 4) is 22.6 Å². The Labute approximate surface area is 157 Å². The third kappa shape index (κ3) is 4.57. The molecule has 0 radical (unpaired) electrons. The van der Waals surface area contributed by atoms with Crippen molar-refractivity contribution < 1.29 is 13.2 Å². The number of H-pyrrole nitrogens is 1. The van der Waals surface area contributed by atoms with Gasteiger partial charge in [-0.3, -0.25) is 9.52 Å². The Hall–Kier alpha value is -3.06. The molecule has 6 nitrogen and oxygen atoms in total. The van der Waals surface area contributed by atoms with Gasteiger partial charge in [0.05, 0.1) is 11.9 Å². The molecule has 0 unspecified atom stereocenters. The van der Waals surface area contributed by atoms with Crippen LogP contribution in [0.25, 0.3) is 11.1 Å². The zero-order valence-corrected chi connectivity index (χ0v) is 16.1. The van der Waals surface area contributed by atoms with E-state index >= 15 is 0 Å². The van der Waals surface area contributed by atoms with E-state index in [9.17, 15) is 13.2 Å². The normalized spacial score (nSPS) is 11.2. The highest BCUT2D eigenvalue weighted by atomic mass is 32.2. The van der Waals surface area contributed by atoms with E-state index in [1.807, 2.05) is 30.3 Å². The largest absolute Gasteiger partial charge is 0.457 e. The highest BCUT2D eigenvalue weighted by molar-refractivity contribution is 7.92. The van der Waals surface area contributed by atoms with E-state index in [-0.39, 0.29) is 5.56 Å². The van der Waals surface area contributed by atoms with Gasteiger partial charge >= 0.3 is 0 Å². The quantitative estimate of drug-likeness (QED) is 0.700. The monoisotopic (exact) mass is 384 g/mol. The Morgan fingerprint density at radius 1 is 1.00 bits per heavy atom. The molecule has 3 aromatic rings. The summed E-state index contributed by atoms with van der Waals surface area (Å²) >= 11 is 0. The van der Waals surface area contributed by atoms with Crippen LogP contribution < -0.4 is 15.0 Å². The number of benzene rings is 2. The number of para-hydroxylation sites is 1. The molecule has 0 aliphatic rings. The fraction of sp³-hybridized carbons (Fsp3) is 0.150. The minimum absolute atomic E-state index is 0.175. The molecular weight excluding hydrogens is 364 g/mol. The molecule has 0 amide bonds. The van der Waals surface area contributed by atoms with E-state index in [4.69, 9.17) is 4.74 Å². The molecule has 2 aromatic carbocycles. The minimum atomic E-state index is -3.43. The molecule has 1 aromatic heterocycles. The maximum Gasteiger partial charge on any atom is 0.250 e. The van der Waals surface area contributed by atoms with E-state index in [1.165, 1.54) is 0 Å². The van der Waals surface area contributed by atoms with Crippen LogP contribution in [0.5, 0.6) is 11.5 Å². The number of sulfonamides is 1. The standard InChI is InChI=1S/C20H20N2O4S/c1-13-10-19(26-16-7-5-4-6-8-16)17(11-18(13)22-27(3,24)25)15-9-14(2)20(23)21-12-15/h4-12,22H,1-3H3,(H,21,23). The third-order valence-corrected chi connectivity index (χ3v) is 4.58. The van der Waals surface area contributed by atoms with Crippen LogP contribution in [0.2, 0.25) is 0 Å². The van der Waals surface area contributed by atoms with Gasteiger partial charge < -0.3 is 9.72 Å². The summed E-state index contributed by atoms with van der Waals surface area (Å²) in [5, 5.41) is 0. The summed E-state index contributed by atoms with van der Waals surface area (Å²) in [4.78, 5) is 14.4. The molecule has 140 valence electrons. The lowest BCUT2D eigenvalue weighted by Gasteiger charge is -2.16. The number of aromatic amines is 1. The van der Waals surface area contributed by atoms with Crippen molar-refractivity contribution in [2.24, 2.45) is 0 Å². The first kappa shape index (κ1) is 18.7. The summed E-state index contributed by atoms with van der Waals surface area (Å²) < 4.78 is 31.9. The SMILES string of the molecule is Cc1cc(Oc2ccccc2)c(-c2c[nH]c(=O)c(C)c2)cc1NS(C)(=O)=O. The molecule has 2 N–H and O–H groups in total. The van der Waals surface area contributed by atoms with E-state index in [0.717, 1.165) is 17.4 Å². The first-order chi connectivity index (χ1) is 12.7. The van der Waals surface area contributed by atoms with E-state index in [2.05, 4.69) is 9.71 Å². The van der Waals surface area contributed by atoms with Crippen LogP contribution in [0.1, 0.15) is 11.1 Å². The zero-order chi connectivity index (χ0) is 19.6. The van der Waals surface area contributed by atoms with Crippen LogP contribution in [0, 0.1) is 13.8 Å². The van der Waals surface area contributed by atoms with Gasteiger partial charge in [-0.25, -0.2) is 8.42 Å². The number of anilines is 1. The molecule has 0 saturated heterocycles. The van der Waals surface area contributed by atoms with Gasteiger partial charge in [-0.05, 0) is 49.7 Å². The smallest absolute Gasteiger partial charge is 0.250 e. The van der Waals surface area contributed by atoms with Crippen molar-refractivity contribution in [3.63, 3.8) is 0 Å². The summed E-state index contributed by atoms with van der Waals surface area (Å²) in [5.74, 6) is 1.22. The molecule has 0 bridgehead atoms. The highest BCUT2D eigenvalue weighted by Gasteiger charge is 2.15. The Morgan fingerprint density at radius 3 is 2.33 bits per heavy atom.